The number of aromatic nitrogens is 3. The van der Waals surface area contributed by atoms with Crippen LogP contribution in [-0.2, 0) is 6.18 Å². The van der Waals surface area contributed by atoms with Crippen LogP contribution in [0.1, 0.15) is 19.5 Å². The zero-order valence-corrected chi connectivity index (χ0v) is 12.9. The van der Waals surface area contributed by atoms with E-state index in [1.165, 1.54) is 18.3 Å². The van der Waals surface area contributed by atoms with Gasteiger partial charge in [-0.15, -0.1) is 3.89 Å². The lowest BCUT2D eigenvalue weighted by Gasteiger charge is -2.06. The average molecular weight is 372 g/mol. The first-order chi connectivity index (χ1) is 9.41. The second-order valence-corrected chi connectivity index (χ2v) is 4.57. The van der Waals surface area contributed by atoms with E-state index in [-0.39, 0.29) is 23.7 Å². The highest BCUT2D eigenvalue weighted by molar-refractivity contribution is 9.10. The van der Waals surface area contributed by atoms with E-state index in [0.29, 0.717) is 4.47 Å². The van der Waals surface area contributed by atoms with Gasteiger partial charge in [0.1, 0.15) is 11.4 Å². The molecular weight excluding hydrogens is 362 g/mol. The lowest BCUT2D eigenvalue weighted by Crippen LogP contribution is -2.08. The number of hydrogen-bond donors (Lipinski definition) is 0. The molecule has 0 bridgehead atoms. The molecule has 0 saturated heterocycles. The summed E-state index contributed by atoms with van der Waals surface area (Å²) >= 11 is 2.92. The standard InChI is InChI=1S/C9H4BrF4N3S.C2H6/c10-5-4-17(18-14)16-8(5)6-2-1-3-7(15-6)9(11,12)13;1-2/h1-4H;1-2H3. The van der Waals surface area contributed by atoms with Gasteiger partial charge in [0, 0.05) is 0 Å². The fourth-order valence-electron chi connectivity index (χ4n) is 1.27. The van der Waals surface area contributed by atoms with Crippen LogP contribution >= 0.6 is 28.3 Å². The SMILES string of the molecule is CC.FSn1cc(Br)c(-c2cccc(C(F)(F)F)n2)n1. The molecule has 0 aliphatic carbocycles. The predicted octanol–water partition coefficient (Wildman–Crippen LogP) is 5.13. The van der Waals surface area contributed by atoms with Gasteiger partial charge in [0.05, 0.1) is 16.4 Å². The van der Waals surface area contributed by atoms with Crippen LogP contribution in [-0.4, -0.2) is 14.2 Å². The third kappa shape index (κ3) is 3.95. The third-order valence-electron chi connectivity index (χ3n) is 2.00. The highest BCUT2D eigenvalue weighted by Gasteiger charge is 2.32. The number of alkyl halides is 3. The minimum Gasteiger partial charge on any atom is -0.242 e. The van der Waals surface area contributed by atoms with Crippen LogP contribution in [0.2, 0.25) is 0 Å². The topological polar surface area (TPSA) is 30.7 Å². The molecule has 9 heteroatoms. The van der Waals surface area contributed by atoms with Gasteiger partial charge in [-0.25, -0.2) is 4.98 Å². The molecule has 2 rings (SSSR count). The van der Waals surface area contributed by atoms with Crippen molar-refractivity contribution >= 4 is 28.3 Å². The molecule has 0 spiro atoms. The maximum atomic E-state index is 12.5. The van der Waals surface area contributed by atoms with Crippen LogP contribution in [0, 0.1) is 0 Å². The third-order valence-corrected chi connectivity index (χ3v) is 2.91. The number of rotatable bonds is 2. The van der Waals surface area contributed by atoms with E-state index in [2.05, 4.69) is 26.0 Å². The summed E-state index contributed by atoms with van der Waals surface area (Å²) in [4.78, 5) is 3.46. The molecule has 110 valence electrons. The lowest BCUT2D eigenvalue weighted by atomic mass is 10.2. The monoisotopic (exact) mass is 371 g/mol. The normalized spacial score (nSPS) is 10.9. The molecule has 0 fully saturated rings. The highest BCUT2D eigenvalue weighted by Crippen LogP contribution is 2.31. The number of pyridine rings is 1. The van der Waals surface area contributed by atoms with Gasteiger partial charge < -0.3 is 0 Å². The first kappa shape index (κ1) is 17.0. The lowest BCUT2D eigenvalue weighted by molar-refractivity contribution is -0.141. The Labute approximate surface area is 125 Å². The Hall–Kier alpha value is -1.09. The maximum absolute atomic E-state index is 12.5. The molecule has 0 aromatic carbocycles. The molecule has 0 aliphatic rings. The molecule has 0 saturated carbocycles. The first-order valence-electron chi connectivity index (χ1n) is 5.50. The summed E-state index contributed by atoms with van der Waals surface area (Å²) in [7, 11) is 0. The highest BCUT2D eigenvalue weighted by atomic mass is 79.9. The molecule has 2 heterocycles. The Bertz CT molecular complexity index is 571. The van der Waals surface area contributed by atoms with Crippen molar-refractivity contribution in [3.8, 4) is 11.4 Å². The van der Waals surface area contributed by atoms with Gasteiger partial charge >= 0.3 is 6.18 Å². The van der Waals surface area contributed by atoms with E-state index in [4.69, 9.17) is 0 Å². The zero-order valence-electron chi connectivity index (χ0n) is 10.4. The molecule has 0 radical (unpaired) electrons. The van der Waals surface area contributed by atoms with Crippen LogP contribution in [0.15, 0.2) is 28.9 Å². The minimum atomic E-state index is -4.53. The molecule has 0 unspecified atom stereocenters. The van der Waals surface area contributed by atoms with Crippen molar-refractivity contribution < 1.29 is 17.1 Å². The summed E-state index contributed by atoms with van der Waals surface area (Å²) in [6, 6.07) is 3.45. The van der Waals surface area contributed by atoms with Gasteiger partial charge in [-0.3, -0.25) is 0 Å². The minimum absolute atomic E-state index is 0.0181. The Balaban J connectivity index is 0.000000956. The Morgan fingerprint density at radius 1 is 1.25 bits per heavy atom. The molecule has 2 aromatic rings. The van der Waals surface area contributed by atoms with Crippen LogP contribution in [0.25, 0.3) is 11.4 Å². The molecular formula is C11H10BrF4N3S. The number of halogens is 5. The van der Waals surface area contributed by atoms with E-state index in [0.717, 1.165) is 10.2 Å². The summed E-state index contributed by atoms with van der Waals surface area (Å²) in [6.07, 6.45) is -3.23. The molecule has 2 aromatic heterocycles. The Morgan fingerprint density at radius 3 is 2.40 bits per heavy atom. The van der Waals surface area contributed by atoms with E-state index in [1.807, 2.05) is 13.8 Å². The summed E-state index contributed by atoms with van der Waals surface area (Å²) < 4.78 is 51.0. The second-order valence-electron chi connectivity index (χ2n) is 3.20. The van der Waals surface area contributed by atoms with Crippen molar-refractivity contribution in [3.05, 3.63) is 34.6 Å². The van der Waals surface area contributed by atoms with Crippen molar-refractivity contribution in [2.45, 2.75) is 20.0 Å². The summed E-state index contributed by atoms with van der Waals surface area (Å²) in [6.45, 7) is 4.00. The van der Waals surface area contributed by atoms with Gasteiger partial charge in [0.25, 0.3) is 0 Å². The van der Waals surface area contributed by atoms with Crippen LogP contribution in [0.4, 0.5) is 17.1 Å². The van der Waals surface area contributed by atoms with Crippen molar-refractivity contribution in [2.75, 3.05) is 0 Å². The van der Waals surface area contributed by atoms with Crippen molar-refractivity contribution in [1.82, 2.24) is 14.2 Å². The summed E-state index contributed by atoms with van der Waals surface area (Å²) in [5.74, 6) is 0. The maximum Gasteiger partial charge on any atom is 0.433 e. The van der Waals surface area contributed by atoms with Crippen molar-refractivity contribution in [2.24, 2.45) is 0 Å². The quantitative estimate of drug-likeness (QED) is 0.685. The van der Waals surface area contributed by atoms with Crippen molar-refractivity contribution in [3.63, 3.8) is 0 Å². The molecule has 0 aliphatic heterocycles. The zero-order chi connectivity index (χ0) is 15.3. The van der Waals surface area contributed by atoms with Gasteiger partial charge in [-0.2, -0.15) is 22.4 Å². The van der Waals surface area contributed by atoms with Gasteiger partial charge in [-0.05, 0) is 28.1 Å². The first-order valence-corrected chi connectivity index (χ1v) is 6.97. The molecule has 0 N–H and O–H groups in total. The van der Waals surface area contributed by atoms with E-state index in [9.17, 15) is 17.1 Å². The summed E-state index contributed by atoms with van der Waals surface area (Å²) in [5, 5.41) is 3.75. The predicted molar refractivity (Wildman–Crippen MR) is 73.6 cm³/mol. The second kappa shape index (κ2) is 7.07. The number of nitrogens with zero attached hydrogens (tertiary/aromatic N) is 3. The van der Waals surface area contributed by atoms with E-state index < -0.39 is 11.9 Å². The van der Waals surface area contributed by atoms with E-state index in [1.54, 1.807) is 0 Å². The van der Waals surface area contributed by atoms with Gasteiger partial charge in [0.2, 0.25) is 0 Å². The molecule has 0 amide bonds. The Kier molecular flexibility index (Phi) is 6.00. The van der Waals surface area contributed by atoms with Gasteiger partial charge in [-0.1, -0.05) is 19.9 Å². The Morgan fingerprint density at radius 2 is 1.90 bits per heavy atom. The van der Waals surface area contributed by atoms with Crippen LogP contribution in [0.5, 0.6) is 0 Å². The average Bonchev–Trinajstić information content (AvgIpc) is 2.81. The molecule has 20 heavy (non-hydrogen) atoms. The number of hydrogen-bond acceptors (Lipinski definition) is 3. The smallest absolute Gasteiger partial charge is 0.242 e. The van der Waals surface area contributed by atoms with Gasteiger partial charge in [0.15, 0.2) is 12.3 Å². The van der Waals surface area contributed by atoms with E-state index >= 15 is 0 Å². The van der Waals surface area contributed by atoms with Crippen LogP contribution < -0.4 is 0 Å². The van der Waals surface area contributed by atoms with Crippen molar-refractivity contribution in [1.29, 1.82) is 0 Å². The van der Waals surface area contributed by atoms with Crippen LogP contribution in [0.3, 0.4) is 0 Å². The summed E-state index contributed by atoms with van der Waals surface area (Å²) in [5.41, 5.74) is -0.856. The molecule has 0 atom stereocenters. The fourth-order valence-corrected chi connectivity index (χ4v) is 2.14. The largest absolute Gasteiger partial charge is 0.433 e. The fraction of sp³-hybridized carbons (Fsp3) is 0.273. The molecule has 3 nitrogen and oxygen atoms in total.